The van der Waals surface area contributed by atoms with Crippen LogP contribution in [0.15, 0.2) is 23.8 Å². The molecule has 39 heavy (non-hydrogen) atoms. The van der Waals surface area contributed by atoms with Crippen LogP contribution in [-0.4, -0.2) is 54.9 Å². The number of esters is 4. The number of benzene rings is 1. The van der Waals surface area contributed by atoms with Gasteiger partial charge in [-0.15, -0.1) is 0 Å². The molecular weight excluding hydrogens is 528 g/mol. The molecule has 0 amide bonds. The van der Waals surface area contributed by atoms with Gasteiger partial charge in [0.25, 0.3) is 0 Å². The van der Waals surface area contributed by atoms with Crippen molar-refractivity contribution in [1.29, 1.82) is 0 Å². The van der Waals surface area contributed by atoms with E-state index < -0.39 is 54.4 Å². The second kappa shape index (κ2) is 13.0. The Bertz CT molecular complexity index is 1110. The molecule has 1 aromatic rings. The molecule has 1 aliphatic heterocycles. The van der Waals surface area contributed by atoms with Crippen LogP contribution in [0.3, 0.4) is 0 Å². The molecule has 1 aromatic carbocycles. The van der Waals surface area contributed by atoms with Crippen molar-refractivity contribution in [2.45, 2.75) is 97.7 Å². The van der Waals surface area contributed by atoms with Crippen LogP contribution in [0, 0.1) is 5.41 Å². The number of hydrogen-bond donors (Lipinski definition) is 0. The quantitative estimate of drug-likeness (QED) is 0.328. The normalized spacial score (nSPS) is 26.2. The molecule has 1 aliphatic carbocycles. The zero-order valence-electron chi connectivity index (χ0n) is 23.3. The van der Waals surface area contributed by atoms with Gasteiger partial charge in [-0.3, -0.25) is 19.2 Å². The Kier molecular flexibility index (Phi) is 10.2. The zero-order valence-corrected chi connectivity index (χ0v) is 24.0. The molecular formula is C29H37ClO9. The Morgan fingerprint density at radius 1 is 0.897 bits per heavy atom. The highest BCUT2D eigenvalue weighted by atomic mass is 35.5. The van der Waals surface area contributed by atoms with Crippen molar-refractivity contribution in [1.82, 2.24) is 0 Å². The number of rotatable bonds is 7. The third-order valence-electron chi connectivity index (χ3n) is 6.94. The van der Waals surface area contributed by atoms with Gasteiger partial charge in [-0.2, -0.15) is 0 Å². The van der Waals surface area contributed by atoms with Crippen LogP contribution in [0.25, 0.3) is 6.08 Å². The summed E-state index contributed by atoms with van der Waals surface area (Å²) in [5, 5.41) is 0.543. The maximum absolute atomic E-state index is 12.2. The number of allylic oxidation sites excluding steroid dienone is 1. The molecule has 2 aliphatic rings. The third-order valence-corrected chi connectivity index (χ3v) is 7.29. The predicted octanol–water partition coefficient (Wildman–Crippen LogP) is 5.12. The smallest absolute Gasteiger partial charge is 0.303 e. The lowest BCUT2D eigenvalue weighted by Gasteiger charge is -2.44. The lowest BCUT2D eigenvalue weighted by molar-refractivity contribution is -0.254. The van der Waals surface area contributed by atoms with Crippen molar-refractivity contribution in [2.24, 2.45) is 5.41 Å². The van der Waals surface area contributed by atoms with Crippen molar-refractivity contribution in [3.8, 4) is 0 Å². The van der Waals surface area contributed by atoms with Crippen LogP contribution < -0.4 is 0 Å². The van der Waals surface area contributed by atoms with Crippen molar-refractivity contribution >= 4 is 41.6 Å². The zero-order chi connectivity index (χ0) is 28.9. The molecule has 0 radical (unpaired) electrons. The summed E-state index contributed by atoms with van der Waals surface area (Å²) >= 11 is 6.57. The summed E-state index contributed by atoms with van der Waals surface area (Å²) in [6.45, 7) is 9.08. The molecule has 3 rings (SSSR count). The first-order valence-corrected chi connectivity index (χ1v) is 13.4. The van der Waals surface area contributed by atoms with Gasteiger partial charge in [-0.1, -0.05) is 43.2 Å². The van der Waals surface area contributed by atoms with Gasteiger partial charge in [0.05, 0.1) is 0 Å². The molecule has 1 saturated carbocycles. The lowest BCUT2D eigenvalue weighted by atomic mass is 9.75. The Hall–Kier alpha value is -2.91. The molecule has 0 aromatic heterocycles. The van der Waals surface area contributed by atoms with Crippen LogP contribution >= 0.6 is 11.6 Å². The summed E-state index contributed by atoms with van der Waals surface area (Å²) in [4.78, 5) is 47.8. The Balaban J connectivity index is 2.05. The van der Waals surface area contributed by atoms with E-state index in [2.05, 4.69) is 19.9 Å². The van der Waals surface area contributed by atoms with Gasteiger partial charge in [0.15, 0.2) is 18.3 Å². The molecule has 5 atom stereocenters. The van der Waals surface area contributed by atoms with E-state index in [1.54, 1.807) is 12.1 Å². The van der Waals surface area contributed by atoms with E-state index in [-0.39, 0.29) is 6.61 Å². The monoisotopic (exact) mass is 564 g/mol. The largest absolute Gasteiger partial charge is 0.463 e. The van der Waals surface area contributed by atoms with Crippen molar-refractivity contribution in [2.75, 3.05) is 6.61 Å². The summed E-state index contributed by atoms with van der Waals surface area (Å²) in [5.74, 6) is -2.57. The molecule has 9 nitrogen and oxygen atoms in total. The van der Waals surface area contributed by atoms with Gasteiger partial charge in [0.2, 0.25) is 0 Å². The molecule has 1 saturated heterocycles. The summed E-state index contributed by atoms with van der Waals surface area (Å²) in [5.41, 5.74) is 2.96. The average molecular weight is 565 g/mol. The van der Waals surface area contributed by atoms with Gasteiger partial charge in [-0.05, 0) is 54.4 Å². The number of halogens is 1. The van der Waals surface area contributed by atoms with E-state index in [1.807, 2.05) is 6.07 Å². The minimum absolute atomic E-state index is 0.283. The van der Waals surface area contributed by atoms with E-state index in [1.165, 1.54) is 33.3 Å². The fourth-order valence-electron chi connectivity index (χ4n) is 4.96. The SMILES string of the molecule is CC(=O)OC[C@H]1O[C@@H](c2ccc(Cl)c(C=C3CCC(C)(C)CC3)c2)[C@H](OC(C)=O)[C@@H](OC(C)=O)[C@@H]1OC(C)=O. The minimum atomic E-state index is -1.23. The first-order chi connectivity index (χ1) is 18.3. The fourth-order valence-corrected chi connectivity index (χ4v) is 5.13. The standard InChI is InChI=1S/C29H37ClO9/c1-16(31)35-15-24-26(36-17(2)32)28(38-19(4)34)27(37-18(3)33)25(39-24)21-7-8-23(30)22(14-21)13-20-9-11-29(5,6)12-10-20/h7-8,13-14,24-28H,9-12,15H2,1-6H3/t24-,25+,26-,27+,28+/m1/s1. The van der Waals surface area contributed by atoms with Gasteiger partial charge >= 0.3 is 23.9 Å². The molecule has 214 valence electrons. The average Bonchev–Trinajstić information content (AvgIpc) is 2.82. The Morgan fingerprint density at radius 2 is 1.46 bits per heavy atom. The van der Waals surface area contributed by atoms with E-state index in [0.29, 0.717) is 16.0 Å². The van der Waals surface area contributed by atoms with Gasteiger partial charge in [-0.25, -0.2) is 0 Å². The second-order valence-corrected chi connectivity index (χ2v) is 11.3. The minimum Gasteiger partial charge on any atom is -0.463 e. The van der Waals surface area contributed by atoms with E-state index in [4.69, 9.17) is 35.3 Å². The second-order valence-electron chi connectivity index (χ2n) is 10.9. The van der Waals surface area contributed by atoms with Gasteiger partial charge in [0.1, 0.15) is 18.8 Å². The summed E-state index contributed by atoms with van der Waals surface area (Å²) in [7, 11) is 0. The van der Waals surface area contributed by atoms with Crippen LogP contribution in [0.4, 0.5) is 0 Å². The maximum atomic E-state index is 12.2. The molecule has 2 fully saturated rings. The van der Waals surface area contributed by atoms with E-state index in [9.17, 15) is 19.2 Å². The van der Waals surface area contributed by atoms with Crippen molar-refractivity contribution in [3.63, 3.8) is 0 Å². The molecule has 0 N–H and O–H groups in total. The first-order valence-electron chi connectivity index (χ1n) is 13.0. The molecule has 1 heterocycles. The number of carbonyl (C=O) groups is 4. The maximum Gasteiger partial charge on any atom is 0.303 e. The fraction of sp³-hybridized carbons (Fsp3) is 0.586. The predicted molar refractivity (Wildman–Crippen MR) is 143 cm³/mol. The number of carbonyl (C=O) groups excluding carboxylic acids is 4. The first kappa shape index (κ1) is 30.6. The lowest BCUT2D eigenvalue weighted by Crippen LogP contribution is -2.59. The highest BCUT2D eigenvalue weighted by Crippen LogP contribution is 2.41. The highest BCUT2D eigenvalue weighted by molar-refractivity contribution is 6.32. The van der Waals surface area contributed by atoms with E-state index >= 15 is 0 Å². The summed E-state index contributed by atoms with van der Waals surface area (Å²) < 4.78 is 28.1. The molecule has 0 bridgehead atoms. The molecule has 0 spiro atoms. The Morgan fingerprint density at radius 3 is 2.03 bits per heavy atom. The van der Waals surface area contributed by atoms with Gasteiger partial charge < -0.3 is 23.7 Å². The van der Waals surface area contributed by atoms with Crippen LogP contribution in [0.2, 0.25) is 5.02 Å². The Labute approximate surface area is 234 Å². The van der Waals surface area contributed by atoms with Crippen LogP contribution in [0.5, 0.6) is 0 Å². The topological polar surface area (TPSA) is 114 Å². The number of ether oxygens (including phenoxy) is 5. The van der Waals surface area contributed by atoms with Crippen LogP contribution in [0.1, 0.15) is 84.5 Å². The third kappa shape index (κ3) is 8.54. The van der Waals surface area contributed by atoms with Gasteiger partial charge in [0, 0.05) is 32.7 Å². The van der Waals surface area contributed by atoms with Crippen LogP contribution in [-0.2, 0) is 42.9 Å². The van der Waals surface area contributed by atoms with Crippen molar-refractivity contribution in [3.05, 3.63) is 39.9 Å². The summed E-state index contributed by atoms with van der Waals surface area (Å²) in [6.07, 6.45) is 0.597. The molecule has 10 heteroatoms. The van der Waals surface area contributed by atoms with E-state index in [0.717, 1.165) is 31.2 Å². The van der Waals surface area contributed by atoms with Crippen molar-refractivity contribution < 1.29 is 42.9 Å². The number of hydrogen-bond acceptors (Lipinski definition) is 9. The highest BCUT2D eigenvalue weighted by Gasteiger charge is 2.52. The molecule has 0 unspecified atom stereocenters. The summed E-state index contributed by atoms with van der Waals surface area (Å²) in [6, 6.07) is 5.30.